The number of nitrogens with zero attached hydrogens (tertiary/aromatic N) is 3. The molecule has 2 rings (SSSR count). The van der Waals surface area contributed by atoms with Crippen LogP contribution >= 0.6 is 58.0 Å². The van der Waals surface area contributed by atoms with E-state index in [9.17, 15) is 0 Å². The zero-order valence-electron chi connectivity index (χ0n) is 9.38. The second kappa shape index (κ2) is 5.66. The SMILES string of the molecule is [CH2]Cc1nc(C(Cl)(Cl)Cl)n(-c2ccc(Cl)cc2Cl)n1. The molecule has 1 aromatic heterocycles. The summed E-state index contributed by atoms with van der Waals surface area (Å²) in [4.78, 5) is 4.14. The van der Waals surface area contributed by atoms with Crippen molar-refractivity contribution in [2.75, 3.05) is 0 Å². The Balaban J connectivity index is 2.64. The molecule has 0 aliphatic heterocycles. The Morgan fingerprint density at radius 3 is 2.42 bits per heavy atom. The minimum absolute atomic E-state index is 0.153. The number of halogens is 5. The van der Waals surface area contributed by atoms with Crippen molar-refractivity contribution in [2.45, 2.75) is 10.2 Å². The lowest BCUT2D eigenvalue weighted by molar-refractivity contribution is 0.801. The normalized spacial score (nSPS) is 11.9. The Morgan fingerprint density at radius 2 is 1.89 bits per heavy atom. The average molecular weight is 358 g/mol. The van der Waals surface area contributed by atoms with Gasteiger partial charge < -0.3 is 0 Å². The van der Waals surface area contributed by atoms with Crippen molar-refractivity contribution >= 4 is 58.0 Å². The van der Waals surface area contributed by atoms with Gasteiger partial charge in [-0.15, -0.1) is 0 Å². The predicted molar refractivity (Wildman–Crippen MR) is 79.7 cm³/mol. The van der Waals surface area contributed by atoms with Gasteiger partial charge in [-0.25, -0.2) is 9.67 Å². The lowest BCUT2D eigenvalue weighted by Gasteiger charge is -2.13. The molecule has 1 heterocycles. The van der Waals surface area contributed by atoms with E-state index in [4.69, 9.17) is 58.0 Å². The monoisotopic (exact) mass is 356 g/mol. The molecule has 8 heteroatoms. The Morgan fingerprint density at radius 1 is 1.21 bits per heavy atom. The van der Waals surface area contributed by atoms with Crippen LogP contribution in [0.2, 0.25) is 10.0 Å². The Kier molecular flexibility index (Phi) is 4.53. The first-order valence-electron chi connectivity index (χ1n) is 5.10. The van der Waals surface area contributed by atoms with Gasteiger partial charge in [0.05, 0.1) is 10.7 Å². The van der Waals surface area contributed by atoms with Gasteiger partial charge in [0.1, 0.15) is 0 Å². The summed E-state index contributed by atoms with van der Waals surface area (Å²) >= 11 is 29.6. The molecular weight excluding hydrogens is 351 g/mol. The molecule has 0 aliphatic rings. The number of benzene rings is 1. The first-order chi connectivity index (χ1) is 8.82. The average Bonchev–Trinajstić information content (AvgIpc) is 2.72. The van der Waals surface area contributed by atoms with Crippen LogP contribution in [0.15, 0.2) is 18.2 Å². The maximum Gasteiger partial charge on any atom is 0.250 e. The summed E-state index contributed by atoms with van der Waals surface area (Å²) in [6, 6.07) is 4.91. The van der Waals surface area contributed by atoms with Crippen molar-refractivity contribution in [3.05, 3.63) is 46.8 Å². The van der Waals surface area contributed by atoms with Gasteiger partial charge in [-0.2, -0.15) is 5.10 Å². The number of rotatable bonds is 2. The molecule has 1 aromatic carbocycles. The highest BCUT2D eigenvalue weighted by molar-refractivity contribution is 6.66. The number of alkyl halides is 3. The van der Waals surface area contributed by atoms with E-state index in [1.807, 2.05) is 0 Å². The minimum Gasteiger partial charge on any atom is -0.212 e. The minimum atomic E-state index is -1.72. The fourth-order valence-electron chi connectivity index (χ4n) is 1.47. The molecule has 0 aliphatic carbocycles. The van der Waals surface area contributed by atoms with Gasteiger partial charge >= 0.3 is 0 Å². The van der Waals surface area contributed by atoms with E-state index in [2.05, 4.69) is 17.0 Å². The molecule has 19 heavy (non-hydrogen) atoms. The van der Waals surface area contributed by atoms with Gasteiger partial charge in [0.2, 0.25) is 3.79 Å². The van der Waals surface area contributed by atoms with Crippen LogP contribution in [-0.4, -0.2) is 14.8 Å². The lowest BCUT2D eigenvalue weighted by Crippen LogP contribution is -2.12. The standard InChI is InChI=1S/C11H7Cl5N3/c1-2-9-17-10(11(14,15)16)19(18-9)8-4-3-6(12)5-7(8)13/h3-5H,1-2H2. The third-order valence-electron chi connectivity index (χ3n) is 2.27. The molecule has 0 atom stereocenters. The molecule has 1 radical (unpaired) electrons. The molecule has 2 aromatic rings. The van der Waals surface area contributed by atoms with Crippen molar-refractivity contribution < 1.29 is 0 Å². The molecule has 0 amide bonds. The van der Waals surface area contributed by atoms with E-state index in [0.29, 0.717) is 28.0 Å². The van der Waals surface area contributed by atoms with Gasteiger partial charge in [-0.3, -0.25) is 0 Å². The highest BCUT2D eigenvalue weighted by Gasteiger charge is 2.31. The molecule has 0 unspecified atom stereocenters. The third kappa shape index (κ3) is 3.29. The van der Waals surface area contributed by atoms with Gasteiger partial charge in [-0.05, 0) is 25.1 Å². The highest BCUT2D eigenvalue weighted by Crippen LogP contribution is 2.39. The molecule has 0 bridgehead atoms. The van der Waals surface area contributed by atoms with Crippen LogP contribution in [0.1, 0.15) is 11.6 Å². The molecule has 0 fully saturated rings. The Hall–Kier alpha value is -0.190. The van der Waals surface area contributed by atoms with Crippen molar-refractivity contribution in [3.63, 3.8) is 0 Å². The van der Waals surface area contributed by atoms with Crippen LogP contribution in [0.5, 0.6) is 0 Å². The van der Waals surface area contributed by atoms with Gasteiger partial charge in [0, 0.05) is 11.4 Å². The van der Waals surface area contributed by atoms with Gasteiger partial charge in [0.15, 0.2) is 11.6 Å². The quantitative estimate of drug-likeness (QED) is 0.724. The molecule has 101 valence electrons. The van der Waals surface area contributed by atoms with Crippen LogP contribution in [0.25, 0.3) is 5.69 Å². The van der Waals surface area contributed by atoms with Crippen LogP contribution in [-0.2, 0) is 10.2 Å². The van der Waals surface area contributed by atoms with Crippen LogP contribution in [0.3, 0.4) is 0 Å². The fourth-order valence-corrected chi connectivity index (χ4v) is 2.32. The summed E-state index contributed by atoms with van der Waals surface area (Å²) < 4.78 is -0.338. The topological polar surface area (TPSA) is 30.7 Å². The fraction of sp³-hybridized carbons (Fsp3) is 0.182. The molecule has 0 N–H and O–H groups in total. The third-order valence-corrected chi connectivity index (χ3v) is 3.31. The van der Waals surface area contributed by atoms with E-state index >= 15 is 0 Å². The largest absolute Gasteiger partial charge is 0.250 e. The maximum absolute atomic E-state index is 6.12. The number of aromatic nitrogens is 3. The summed E-state index contributed by atoms with van der Waals surface area (Å²) in [7, 11) is 0. The summed E-state index contributed by atoms with van der Waals surface area (Å²) in [5.74, 6) is 0.604. The van der Waals surface area contributed by atoms with Crippen LogP contribution in [0.4, 0.5) is 0 Å². The molecule has 3 nitrogen and oxygen atoms in total. The summed E-state index contributed by atoms with van der Waals surface area (Å²) in [5, 5.41) is 5.10. The summed E-state index contributed by atoms with van der Waals surface area (Å²) in [6.45, 7) is 3.70. The van der Waals surface area contributed by atoms with Crippen molar-refractivity contribution in [1.82, 2.24) is 14.8 Å². The Bertz CT molecular complexity index is 603. The second-order valence-electron chi connectivity index (χ2n) is 3.61. The van der Waals surface area contributed by atoms with E-state index in [1.165, 1.54) is 4.68 Å². The zero-order chi connectivity index (χ0) is 14.2. The van der Waals surface area contributed by atoms with E-state index in [1.54, 1.807) is 18.2 Å². The van der Waals surface area contributed by atoms with Crippen molar-refractivity contribution in [2.24, 2.45) is 0 Å². The van der Waals surface area contributed by atoms with Gasteiger partial charge in [-0.1, -0.05) is 58.0 Å². The van der Waals surface area contributed by atoms with Crippen LogP contribution in [0, 0.1) is 6.92 Å². The zero-order valence-corrected chi connectivity index (χ0v) is 13.2. The van der Waals surface area contributed by atoms with E-state index in [-0.39, 0.29) is 5.82 Å². The smallest absolute Gasteiger partial charge is 0.212 e. The van der Waals surface area contributed by atoms with Gasteiger partial charge in [0.25, 0.3) is 0 Å². The molecular formula is C11H7Cl5N3. The Labute approximate surface area is 135 Å². The van der Waals surface area contributed by atoms with Crippen molar-refractivity contribution in [3.8, 4) is 5.69 Å². The van der Waals surface area contributed by atoms with E-state index < -0.39 is 3.79 Å². The summed E-state index contributed by atoms with van der Waals surface area (Å²) in [5.41, 5.74) is 0.527. The highest BCUT2D eigenvalue weighted by atomic mass is 35.6. The lowest BCUT2D eigenvalue weighted by atomic mass is 10.3. The van der Waals surface area contributed by atoms with Crippen molar-refractivity contribution in [1.29, 1.82) is 0 Å². The van der Waals surface area contributed by atoms with E-state index in [0.717, 1.165) is 0 Å². The molecule has 0 spiro atoms. The predicted octanol–water partition coefficient (Wildman–Crippen LogP) is 4.78. The second-order valence-corrected chi connectivity index (χ2v) is 6.73. The van der Waals surface area contributed by atoms with Crippen LogP contribution < -0.4 is 0 Å². The maximum atomic E-state index is 6.12. The summed E-state index contributed by atoms with van der Waals surface area (Å²) in [6.07, 6.45) is 0.367. The number of hydrogen-bond donors (Lipinski definition) is 0. The first kappa shape index (κ1) is 15.2. The first-order valence-corrected chi connectivity index (χ1v) is 6.99. The molecule has 0 saturated heterocycles. The number of hydrogen-bond acceptors (Lipinski definition) is 2. The molecule has 0 saturated carbocycles.